The van der Waals surface area contributed by atoms with Gasteiger partial charge in [-0.1, -0.05) is 6.07 Å². The summed E-state index contributed by atoms with van der Waals surface area (Å²) in [5.74, 6) is 0. The number of aldehydes is 1. The van der Waals surface area contributed by atoms with Crippen LogP contribution in [0.5, 0.6) is 0 Å². The van der Waals surface area contributed by atoms with Gasteiger partial charge in [0.05, 0.1) is 5.25 Å². The molecule has 0 saturated heterocycles. The summed E-state index contributed by atoms with van der Waals surface area (Å²) in [5, 5.41) is 0.0436. The highest BCUT2D eigenvalue weighted by atomic mass is 32.2. The third-order valence-corrected chi connectivity index (χ3v) is 3.00. The van der Waals surface area contributed by atoms with Crippen molar-refractivity contribution in [1.82, 2.24) is 0 Å². The third-order valence-electron chi connectivity index (χ3n) is 1.99. The Morgan fingerprint density at radius 3 is 2.54 bits per heavy atom. The molecule has 0 saturated carbocycles. The highest BCUT2D eigenvalue weighted by Crippen LogP contribution is 2.23. The fraction of sp³-hybridized carbons (Fsp3) is 0.364. The predicted octanol–water partition coefficient (Wildman–Crippen LogP) is 2.98. The fourth-order valence-electron chi connectivity index (χ4n) is 1.03. The number of hydrogen-bond acceptors (Lipinski definition) is 2. The van der Waals surface area contributed by atoms with E-state index in [1.807, 2.05) is 6.92 Å². The molecule has 0 aliphatic rings. The van der Waals surface area contributed by atoms with Crippen LogP contribution in [0.3, 0.4) is 0 Å². The highest BCUT2D eigenvalue weighted by molar-refractivity contribution is 8.00. The van der Waals surface area contributed by atoms with Gasteiger partial charge in [0.2, 0.25) is 0 Å². The van der Waals surface area contributed by atoms with Crippen molar-refractivity contribution in [2.45, 2.75) is 30.9 Å². The van der Waals surface area contributed by atoms with Gasteiger partial charge in [-0.3, -0.25) is 0 Å². The summed E-state index contributed by atoms with van der Waals surface area (Å²) in [5.41, 5.74) is 2.58. The predicted molar refractivity (Wildman–Crippen MR) is 57.3 cm³/mol. The Balaban J connectivity index is 2.79. The number of hydrogen-bond donors (Lipinski definition) is 0. The number of benzene rings is 1. The molecule has 2 heteroatoms. The van der Waals surface area contributed by atoms with Crippen molar-refractivity contribution in [3.05, 3.63) is 29.3 Å². The van der Waals surface area contributed by atoms with Gasteiger partial charge in [0.15, 0.2) is 0 Å². The lowest BCUT2D eigenvalue weighted by atomic mass is 10.1. The lowest BCUT2D eigenvalue weighted by Gasteiger charge is -2.06. The molecule has 0 fully saturated rings. The van der Waals surface area contributed by atoms with E-state index < -0.39 is 0 Å². The Labute approximate surface area is 83.5 Å². The van der Waals surface area contributed by atoms with E-state index >= 15 is 0 Å². The van der Waals surface area contributed by atoms with Crippen LogP contribution in [-0.2, 0) is 4.79 Å². The van der Waals surface area contributed by atoms with Gasteiger partial charge >= 0.3 is 0 Å². The summed E-state index contributed by atoms with van der Waals surface area (Å²) in [6, 6.07) is 6.28. The van der Waals surface area contributed by atoms with E-state index in [0.717, 1.165) is 6.29 Å². The highest BCUT2D eigenvalue weighted by Gasteiger charge is 2.02. The molecule has 1 unspecified atom stereocenters. The Morgan fingerprint density at radius 2 is 2.00 bits per heavy atom. The molecule has 13 heavy (non-hydrogen) atoms. The number of carbonyl (C=O) groups is 1. The first-order chi connectivity index (χ1) is 6.13. The van der Waals surface area contributed by atoms with Crippen LogP contribution in [0.2, 0.25) is 0 Å². The van der Waals surface area contributed by atoms with Crippen molar-refractivity contribution in [3.8, 4) is 0 Å². The third kappa shape index (κ3) is 2.88. The van der Waals surface area contributed by atoms with Crippen LogP contribution in [-0.4, -0.2) is 11.5 Å². The van der Waals surface area contributed by atoms with E-state index in [2.05, 4.69) is 32.0 Å². The molecule has 0 spiro atoms. The maximum atomic E-state index is 10.4. The first kappa shape index (κ1) is 10.3. The Kier molecular flexibility index (Phi) is 3.55. The van der Waals surface area contributed by atoms with Crippen molar-refractivity contribution in [2.75, 3.05) is 0 Å². The van der Waals surface area contributed by atoms with Gasteiger partial charge in [-0.15, -0.1) is 11.8 Å². The molecular weight excluding hydrogens is 180 g/mol. The van der Waals surface area contributed by atoms with Crippen molar-refractivity contribution in [2.24, 2.45) is 0 Å². The molecule has 1 rings (SSSR count). The number of rotatable bonds is 3. The molecule has 0 radical (unpaired) electrons. The molecule has 0 amide bonds. The van der Waals surface area contributed by atoms with Crippen molar-refractivity contribution in [3.63, 3.8) is 0 Å². The van der Waals surface area contributed by atoms with E-state index in [1.165, 1.54) is 16.0 Å². The molecule has 0 aliphatic carbocycles. The van der Waals surface area contributed by atoms with Gasteiger partial charge in [-0.2, -0.15) is 0 Å². The van der Waals surface area contributed by atoms with Crippen LogP contribution in [0.25, 0.3) is 0 Å². The molecule has 1 aromatic rings. The summed E-state index contributed by atoms with van der Waals surface area (Å²) in [7, 11) is 0. The number of aryl methyl sites for hydroxylation is 2. The number of thioether (sulfide) groups is 1. The monoisotopic (exact) mass is 194 g/mol. The summed E-state index contributed by atoms with van der Waals surface area (Å²) in [6.07, 6.45) is 0.972. The van der Waals surface area contributed by atoms with Gasteiger partial charge in [-0.05, 0) is 44.0 Å². The largest absolute Gasteiger partial charge is 0.302 e. The fourth-order valence-corrected chi connectivity index (χ4v) is 1.91. The molecule has 0 aromatic heterocycles. The Morgan fingerprint density at radius 1 is 1.31 bits per heavy atom. The van der Waals surface area contributed by atoms with Crippen LogP contribution in [0.4, 0.5) is 0 Å². The van der Waals surface area contributed by atoms with Crippen LogP contribution < -0.4 is 0 Å². The molecule has 1 atom stereocenters. The smallest absolute Gasteiger partial charge is 0.133 e. The first-order valence-electron chi connectivity index (χ1n) is 4.32. The van der Waals surface area contributed by atoms with Gasteiger partial charge < -0.3 is 4.79 Å². The van der Waals surface area contributed by atoms with Gasteiger partial charge in [0, 0.05) is 4.90 Å². The summed E-state index contributed by atoms with van der Waals surface area (Å²) >= 11 is 1.60. The lowest BCUT2D eigenvalue weighted by Crippen LogP contribution is -1.96. The second kappa shape index (κ2) is 4.47. The van der Waals surface area contributed by atoms with E-state index in [-0.39, 0.29) is 5.25 Å². The SMILES string of the molecule is Cc1ccc(SC(C)C=O)cc1C. The molecule has 0 aliphatic heterocycles. The average Bonchev–Trinajstić information content (AvgIpc) is 2.11. The van der Waals surface area contributed by atoms with E-state index in [0.29, 0.717) is 0 Å². The summed E-state index contributed by atoms with van der Waals surface area (Å²) in [4.78, 5) is 11.6. The molecule has 70 valence electrons. The van der Waals surface area contributed by atoms with Crippen LogP contribution in [0.15, 0.2) is 23.1 Å². The summed E-state index contributed by atoms with van der Waals surface area (Å²) in [6.45, 7) is 6.09. The second-order valence-electron chi connectivity index (χ2n) is 3.21. The first-order valence-corrected chi connectivity index (χ1v) is 5.20. The van der Waals surface area contributed by atoms with Crippen molar-refractivity contribution >= 4 is 18.0 Å². The van der Waals surface area contributed by atoms with E-state index in [4.69, 9.17) is 0 Å². The average molecular weight is 194 g/mol. The molecule has 1 aromatic carbocycles. The topological polar surface area (TPSA) is 17.1 Å². The second-order valence-corrected chi connectivity index (χ2v) is 4.66. The van der Waals surface area contributed by atoms with Gasteiger partial charge in [-0.25, -0.2) is 0 Å². The standard InChI is InChI=1S/C11H14OS/c1-8-4-5-11(6-9(8)2)13-10(3)7-12/h4-7,10H,1-3H3. The van der Waals surface area contributed by atoms with Crippen LogP contribution >= 0.6 is 11.8 Å². The molecule has 0 heterocycles. The quantitative estimate of drug-likeness (QED) is 0.543. The van der Waals surface area contributed by atoms with Gasteiger partial charge in [0.25, 0.3) is 0 Å². The van der Waals surface area contributed by atoms with Crippen molar-refractivity contribution < 1.29 is 4.79 Å². The zero-order chi connectivity index (χ0) is 9.84. The molecule has 0 N–H and O–H groups in total. The number of carbonyl (C=O) groups excluding carboxylic acids is 1. The minimum absolute atomic E-state index is 0.0436. The van der Waals surface area contributed by atoms with Crippen LogP contribution in [0.1, 0.15) is 18.1 Å². The maximum Gasteiger partial charge on any atom is 0.133 e. The van der Waals surface area contributed by atoms with Gasteiger partial charge in [0.1, 0.15) is 6.29 Å². The summed E-state index contributed by atoms with van der Waals surface area (Å²) < 4.78 is 0. The Hall–Kier alpha value is -0.760. The van der Waals surface area contributed by atoms with Crippen LogP contribution in [0, 0.1) is 13.8 Å². The maximum absolute atomic E-state index is 10.4. The van der Waals surface area contributed by atoms with E-state index in [9.17, 15) is 4.79 Å². The Bertz CT molecular complexity index is 307. The minimum Gasteiger partial charge on any atom is -0.302 e. The zero-order valence-corrected chi connectivity index (χ0v) is 9.02. The van der Waals surface area contributed by atoms with E-state index in [1.54, 1.807) is 11.8 Å². The minimum atomic E-state index is 0.0436. The molecule has 1 nitrogen and oxygen atoms in total. The zero-order valence-electron chi connectivity index (χ0n) is 8.20. The molecule has 0 bridgehead atoms. The van der Waals surface area contributed by atoms with Crippen molar-refractivity contribution in [1.29, 1.82) is 0 Å². The lowest BCUT2D eigenvalue weighted by molar-refractivity contribution is -0.107. The molecular formula is C11H14OS. The normalized spacial score (nSPS) is 12.5.